The first-order valence-electron chi connectivity index (χ1n) is 4.27. The van der Waals surface area contributed by atoms with Gasteiger partial charge < -0.3 is 10.5 Å². The Bertz CT molecular complexity index is 282. The molecule has 0 aliphatic rings. The van der Waals surface area contributed by atoms with Gasteiger partial charge in [-0.05, 0) is 12.5 Å². The second-order valence-corrected chi connectivity index (χ2v) is 2.72. The molecule has 0 amide bonds. The largest absolute Gasteiger partial charge is 0.478 e. The van der Waals surface area contributed by atoms with E-state index in [1.54, 1.807) is 0 Å². The molecular formula is C9H13ClF2N2O. The minimum Gasteiger partial charge on any atom is -0.478 e. The maximum atomic E-state index is 12.2. The van der Waals surface area contributed by atoms with Crippen LogP contribution in [0.2, 0.25) is 0 Å². The summed E-state index contributed by atoms with van der Waals surface area (Å²) in [5.74, 6) is 0.415. The van der Waals surface area contributed by atoms with Crippen LogP contribution in [0.15, 0.2) is 18.3 Å². The molecule has 1 atom stereocenters. The second kappa shape index (κ2) is 6.53. The summed E-state index contributed by atoms with van der Waals surface area (Å²) in [7, 11) is 0. The summed E-state index contributed by atoms with van der Waals surface area (Å²) in [6.07, 6.45) is -1.27. The van der Waals surface area contributed by atoms with Gasteiger partial charge in [-0.25, -0.2) is 13.8 Å². The standard InChI is InChI=1S/C9H12F2N2O.ClH/c1-2-14-7-4-3-6(5-13-7)8(12)9(10)11;/h3-5,8-9H,2,12H2,1H3;1H/t8-;/m1./s1. The van der Waals surface area contributed by atoms with Crippen LogP contribution in [0.4, 0.5) is 8.78 Å². The quantitative estimate of drug-likeness (QED) is 0.875. The van der Waals surface area contributed by atoms with Gasteiger partial charge in [0, 0.05) is 12.3 Å². The number of nitrogens with zero attached hydrogens (tertiary/aromatic N) is 1. The number of pyridine rings is 1. The van der Waals surface area contributed by atoms with Crippen molar-refractivity contribution in [2.45, 2.75) is 19.4 Å². The van der Waals surface area contributed by atoms with Crippen LogP contribution in [0.5, 0.6) is 5.88 Å². The molecule has 0 radical (unpaired) electrons. The van der Waals surface area contributed by atoms with Crippen molar-refractivity contribution in [3.8, 4) is 5.88 Å². The zero-order valence-corrected chi connectivity index (χ0v) is 9.01. The lowest BCUT2D eigenvalue weighted by Gasteiger charge is -2.10. The molecule has 0 saturated carbocycles. The summed E-state index contributed by atoms with van der Waals surface area (Å²) >= 11 is 0. The van der Waals surface area contributed by atoms with Crippen molar-refractivity contribution in [3.63, 3.8) is 0 Å². The number of hydrogen-bond acceptors (Lipinski definition) is 3. The molecule has 1 rings (SSSR count). The van der Waals surface area contributed by atoms with Gasteiger partial charge in [-0.15, -0.1) is 12.4 Å². The summed E-state index contributed by atoms with van der Waals surface area (Å²) in [4.78, 5) is 3.84. The number of rotatable bonds is 4. The van der Waals surface area contributed by atoms with E-state index in [0.717, 1.165) is 0 Å². The van der Waals surface area contributed by atoms with E-state index in [2.05, 4.69) is 4.98 Å². The molecule has 0 spiro atoms. The lowest BCUT2D eigenvalue weighted by Crippen LogP contribution is -2.19. The van der Waals surface area contributed by atoms with Crippen molar-refractivity contribution in [1.82, 2.24) is 4.98 Å². The summed E-state index contributed by atoms with van der Waals surface area (Å²) in [5.41, 5.74) is 5.54. The Kier molecular flexibility index (Phi) is 6.12. The predicted octanol–water partition coefficient (Wildman–Crippen LogP) is 2.17. The molecule has 3 nitrogen and oxygen atoms in total. The van der Waals surface area contributed by atoms with E-state index in [1.807, 2.05) is 6.92 Å². The average Bonchev–Trinajstić information content (AvgIpc) is 2.18. The summed E-state index contributed by atoms with van der Waals surface area (Å²) < 4.78 is 29.4. The molecule has 1 aromatic heterocycles. The Labute approximate surface area is 93.0 Å². The van der Waals surface area contributed by atoms with Gasteiger partial charge in [0.05, 0.1) is 12.6 Å². The fraction of sp³-hybridized carbons (Fsp3) is 0.444. The first kappa shape index (κ1) is 14.1. The van der Waals surface area contributed by atoms with Gasteiger partial charge in [-0.2, -0.15) is 0 Å². The van der Waals surface area contributed by atoms with Gasteiger partial charge in [0.15, 0.2) is 0 Å². The highest BCUT2D eigenvalue weighted by Gasteiger charge is 2.17. The topological polar surface area (TPSA) is 48.1 Å². The van der Waals surface area contributed by atoms with E-state index in [4.69, 9.17) is 10.5 Å². The number of hydrogen-bond donors (Lipinski definition) is 1. The first-order chi connectivity index (χ1) is 6.65. The number of halogens is 3. The molecule has 6 heteroatoms. The van der Waals surface area contributed by atoms with Crippen LogP contribution < -0.4 is 10.5 Å². The number of nitrogens with two attached hydrogens (primary N) is 1. The van der Waals surface area contributed by atoms with Gasteiger partial charge in [0.2, 0.25) is 5.88 Å². The minimum atomic E-state index is -2.57. The molecule has 0 aliphatic heterocycles. The van der Waals surface area contributed by atoms with E-state index in [-0.39, 0.29) is 12.4 Å². The monoisotopic (exact) mass is 238 g/mol. The van der Waals surface area contributed by atoms with Crippen molar-refractivity contribution in [1.29, 1.82) is 0 Å². The summed E-state index contributed by atoms with van der Waals surface area (Å²) in [6.45, 7) is 2.31. The van der Waals surface area contributed by atoms with Crippen molar-refractivity contribution in [3.05, 3.63) is 23.9 Å². The molecule has 0 aromatic carbocycles. The lowest BCUT2D eigenvalue weighted by molar-refractivity contribution is 0.116. The van der Waals surface area contributed by atoms with Crippen molar-refractivity contribution in [2.24, 2.45) is 5.73 Å². The van der Waals surface area contributed by atoms with Crippen molar-refractivity contribution >= 4 is 12.4 Å². The summed E-state index contributed by atoms with van der Waals surface area (Å²) in [6, 6.07) is 1.74. The highest BCUT2D eigenvalue weighted by molar-refractivity contribution is 5.85. The third kappa shape index (κ3) is 3.97. The molecule has 1 heterocycles. The number of aromatic nitrogens is 1. The second-order valence-electron chi connectivity index (χ2n) is 2.72. The Morgan fingerprint density at radius 2 is 2.13 bits per heavy atom. The molecule has 15 heavy (non-hydrogen) atoms. The van der Waals surface area contributed by atoms with Crippen molar-refractivity contribution < 1.29 is 13.5 Å². The molecule has 0 unspecified atom stereocenters. The van der Waals surface area contributed by atoms with E-state index in [0.29, 0.717) is 18.1 Å². The fourth-order valence-corrected chi connectivity index (χ4v) is 0.968. The van der Waals surface area contributed by atoms with Crippen LogP contribution in [0.1, 0.15) is 18.5 Å². The maximum Gasteiger partial charge on any atom is 0.257 e. The molecule has 0 aliphatic carbocycles. The van der Waals surface area contributed by atoms with Crippen LogP contribution in [0.3, 0.4) is 0 Å². The van der Waals surface area contributed by atoms with E-state index >= 15 is 0 Å². The molecule has 86 valence electrons. The van der Waals surface area contributed by atoms with Gasteiger partial charge >= 0.3 is 0 Å². The van der Waals surface area contributed by atoms with Crippen LogP contribution >= 0.6 is 12.4 Å². The molecular weight excluding hydrogens is 226 g/mol. The zero-order valence-electron chi connectivity index (χ0n) is 8.19. The Morgan fingerprint density at radius 1 is 1.47 bits per heavy atom. The maximum absolute atomic E-state index is 12.2. The number of ether oxygens (including phenoxy) is 1. The van der Waals surface area contributed by atoms with Gasteiger partial charge in [-0.1, -0.05) is 6.07 Å². The van der Waals surface area contributed by atoms with Crippen LogP contribution in [-0.4, -0.2) is 18.0 Å². The first-order valence-corrected chi connectivity index (χ1v) is 4.27. The third-order valence-electron chi connectivity index (χ3n) is 1.71. The molecule has 0 saturated heterocycles. The fourth-order valence-electron chi connectivity index (χ4n) is 0.968. The van der Waals surface area contributed by atoms with E-state index in [9.17, 15) is 8.78 Å². The Morgan fingerprint density at radius 3 is 2.53 bits per heavy atom. The van der Waals surface area contributed by atoms with Gasteiger partial charge in [-0.3, -0.25) is 0 Å². The highest BCUT2D eigenvalue weighted by Crippen LogP contribution is 2.18. The van der Waals surface area contributed by atoms with Gasteiger partial charge in [0.25, 0.3) is 6.43 Å². The minimum absolute atomic E-state index is 0. The van der Waals surface area contributed by atoms with Crippen LogP contribution in [-0.2, 0) is 0 Å². The van der Waals surface area contributed by atoms with Crippen LogP contribution in [0.25, 0.3) is 0 Å². The lowest BCUT2D eigenvalue weighted by atomic mass is 10.1. The predicted molar refractivity (Wildman–Crippen MR) is 55.6 cm³/mol. The van der Waals surface area contributed by atoms with Crippen LogP contribution in [0, 0.1) is 0 Å². The SMILES string of the molecule is CCOc1ccc([C@@H](N)C(F)F)cn1.Cl. The zero-order chi connectivity index (χ0) is 10.6. The van der Waals surface area contributed by atoms with E-state index in [1.165, 1.54) is 18.3 Å². The van der Waals surface area contributed by atoms with Gasteiger partial charge in [0.1, 0.15) is 0 Å². The number of alkyl halides is 2. The Balaban J connectivity index is 0.00000196. The molecule has 1 aromatic rings. The highest BCUT2D eigenvalue weighted by atomic mass is 35.5. The average molecular weight is 239 g/mol. The molecule has 2 N–H and O–H groups in total. The Hall–Kier alpha value is -0.940. The normalized spacial score (nSPS) is 12.1. The molecule has 0 bridgehead atoms. The molecule has 0 fully saturated rings. The smallest absolute Gasteiger partial charge is 0.257 e. The third-order valence-corrected chi connectivity index (χ3v) is 1.71. The van der Waals surface area contributed by atoms with E-state index < -0.39 is 12.5 Å². The van der Waals surface area contributed by atoms with Crippen molar-refractivity contribution in [2.75, 3.05) is 6.61 Å². The summed E-state index contributed by atoms with van der Waals surface area (Å²) in [5, 5.41) is 0.